The third-order valence-corrected chi connectivity index (χ3v) is 4.02. The molecule has 2 rings (SSSR count). The molecule has 1 saturated heterocycles. The number of benzene rings is 1. The molecule has 0 aromatic heterocycles. The van der Waals surface area contributed by atoms with Gasteiger partial charge in [0.15, 0.2) is 0 Å². The zero-order valence-electron chi connectivity index (χ0n) is 10.4. The molecule has 2 N–H and O–H groups in total. The van der Waals surface area contributed by atoms with Crippen molar-refractivity contribution in [3.63, 3.8) is 0 Å². The van der Waals surface area contributed by atoms with Crippen LogP contribution < -0.4 is 5.73 Å². The van der Waals surface area contributed by atoms with Gasteiger partial charge in [-0.1, -0.05) is 22.0 Å². The van der Waals surface area contributed by atoms with Crippen LogP contribution in [0.3, 0.4) is 0 Å². The number of piperidine rings is 1. The number of likely N-dealkylation sites (tertiary alicyclic amines) is 1. The topological polar surface area (TPSA) is 46.3 Å². The number of aryl methyl sites for hydroxylation is 1. The van der Waals surface area contributed by atoms with E-state index in [0.29, 0.717) is 6.54 Å². The first-order chi connectivity index (χ1) is 8.08. The van der Waals surface area contributed by atoms with Crippen LogP contribution >= 0.6 is 28.3 Å². The normalized spacial score (nSPS) is 19.3. The first-order valence-corrected chi connectivity index (χ1v) is 6.68. The van der Waals surface area contributed by atoms with Gasteiger partial charge in [0.25, 0.3) is 5.91 Å². The molecule has 5 heteroatoms. The second-order valence-electron chi connectivity index (χ2n) is 4.62. The lowest BCUT2D eigenvalue weighted by Gasteiger charge is -2.30. The summed E-state index contributed by atoms with van der Waals surface area (Å²) in [5.41, 5.74) is 7.76. The fourth-order valence-corrected chi connectivity index (χ4v) is 2.48. The van der Waals surface area contributed by atoms with Gasteiger partial charge in [0, 0.05) is 29.2 Å². The average Bonchev–Trinajstić information content (AvgIpc) is 2.32. The Bertz CT molecular complexity index is 439. The summed E-state index contributed by atoms with van der Waals surface area (Å²) in [5, 5.41) is 0. The van der Waals surface area contributed by atoms with Crippen LogP contribution in [0.15, 0.2) is 22.7 Å². The van der Waals surface area contributed by atoms with E-state index in [-0.39, 0.29) is 24.4 Å². The van der Waals surface area contributed by atoms with Gasteiger partial charge in [-0.15, -0.1) is 12.4 Å². The van der Waals surface area contributed by atoms with Crippen molar-refractivity contribution in [1.29, 1.82) is 0 Å². The number of rotatable bonds is 1. The molecule has 1 fully saturated rings. The van der Waals surface area contributed by atoms with Crippen molar-refractivity contribution in [2.45, 2.75) is 25.8 Å². The highest BCUT2D eigenvalue weighted by Crippen LogP contribution is 2.20. The van der Waals surface area contributed by atoms with Crippen molar-refractivity contribution in [1.82, 2.24) is 4.90 Å². The van der Waals surface area contributed by atoms with Gasteiger partial charge in [0.2, 0.25) is 0 Å². The summed E-state index contributed by atoms with van der Waals surface area (Å²) in [6.07, 6.45) is 2.02. The molecule has 1 amide bonds. The Labute approximate surface area is 122 Å². The quantitative estimate of drug-likeness (QED) is 0.859. The molecule has 0 unspecified atom stereocenters. The smallest absolute Gasteiger partial charge is 0.253 e. The van der Waals surface area contributed by atoms with Gasteiger partial charge in [-0.25, -0.2) is 0 Å². The van der Waals surface area contributed by atoms with Crippen LogP contribution in [0.2, 0.25) is 0 Å². The van der Waals surface area contributed by atoms with E-state index in [2.05, 4.69) is 15.9 Å². The van der Waals surface area contributed by atoms with E-state index >= 15 is 0 Å². The van der Waals surface area contributed by atoms with Gasteiger partial charge in [-0.2, -0.15) is 0 Å². The summed E-state index contributed by atoms with van der Waals surface area (Å²) in [7, 11) is 0. The third-order valence-electron chi connectivity index (χ3n) is 3.16. The molecule has 1 atom stereocenters. The van der Waals surface area contributed by atoms with Crippen LogP contribution in [0.25, 0.3) is 0 Å². The zero-order chi connectivity index (χ0) is 12.4. The van der Waals surface area contributed by atoms with Crippen molar-refractivity contribution >= 4 is 34.2 Å². The van der Waals surface area contributed by atoms with E-state index in [1.54, 1.807) is 0 Å². The van der Waals surface area contributed by atoms with E-state index in [1.165, 1.54) is 0 Å². The summed E-state index contributed by atoms with van der Waals surface area (Å²) < 4.78 is 0.977. The molecule has 1 aliphatic heterocycles. The van der Waals surface area contributed by atoms with Gasteiger partial charge in [-0.05, 0) is 37.5 Å². The highest BCUT2D eigenvalue weighted by atomic mass is 79.9. The van der Waals surface area contributed by atoms with Gasteiger partial charge in [-0.3, -0.25) is 4.79 Å². The Kier molecular flexibility index (Phi) is 5.63. The number of hydrogen-bond donors (Lipinski definition) is 1. The maximum Gasteiger partial charge on any atom is 0.253 e. The van der Waals surface area contributed by atoms with Gasteiger partial charge in [0.05, 0.1) is 0 Å². The zero-order valence-corrected chi connectivity index (χ0v) is 12.8. The molecule has 0 aliphatic carbocycles. The number of nitrogens with zero attached hydrogens (tertiary/aromatic N) is 1. The molecule has 0 saturated carbocycles. The van der Waals surface area contributed by atoms with Gasteiger partial charge in [0.1, 0.15) is 0 Å². The number of nitrogens with two attached hydrogens (primary N) is 1. The lowest BCUT2D eigenvalue weighted by molar-refractivity contribution is 0.0709. The summed E-state index contributed by atoms with van der Waals surface area (Å²) >= 11 is 3.45. The standard InChI is InChI=1S/C13H17BrN2O.ClH/c1-9-4-5-10(7-12(9)14)13(17)16-6-2-3-11(15)8-16;/h4-5,7,11H,2-3,6,8,15H2,1H3;1H/t11-;/m1./s1. The van der Waals surface area contributed by atoms with E-state index in [0.717, 1.165) is 35.0 Å². The number of halogens is 2. The Hall–Kier alpha value is -0.580. The third kappa shape index (κ3) is 3.46. The van der Waals surface area contributed by atoms with Crippen molar-refractivity contribution in [2.24, 2.45) is 5.73 Å². The first kappa shape index (κ1) is 15.5. The van der Waals surface area contributed by atoms with Crippen molar-refractivity contribution in [3.8, 4) is 0 Å². The molecule has 1 aromatic rings. The fraction of sp³-hybridized carbons (Fsp3) is 0.462. The predicted octanol–water partition coefficient (Wildman–Crippen LogP) is 2.74. The predicted molar refractivity (Wildman–Crippen MR) is 79.2 cm³/mol. The van der Waals surface area contributed by atoms with Crippen LogP contribution in [-0.4, -0.2) is 29.9 Å². The minimum Gasteiger partial charge on any atom is -0.337 e. The molecule has 0 bridgehead atoms. The lowest BCUT2D eigenvalue weighted by atomic mass is 10.0. The number of amides is 1. The van der Waals surface area contributed by atoms with Gasteiger partial charge < -0.3 is 10.6 Å². The minimum absolute atomic E-state index is 0. The number of carbonyl (C=O) groups is 1. The van der Waals surface area contributed by atoms with E-state index in [9.17, 15) is 4.79 Å². The molecule has 0 spiro atoms. The summed E-state index contributed by atoms with van der Waals surface area (Å²) in [6.45, 7) is 3.50. The Morgan fingerprint density at radius 1 is 1.50 bits per heavy atom. The fourth-order valence-electron chi connectivity index (χ4n) is 2.10. The Morgan fingerprint density at radius 3 is 2.83 bits per heavy atom. The number of hydrogen-bond acceptors (Lipinski definition) is 2. The maximum atomic E-state index is 12.3. The molecule has 1 aromatic carbocycles. The monoisotopic (exact) mass is 332 g/mol. The summed E-state index contributed by atoms with van der Waals surface area (Å²) in [6, 6.07) is 5.85. The molecule has 100 valence electrons. The maximum absolute atomic E-state index is 12.3. The van der Waals surface area contributed by atoms with Crippen LogP contribution in [0, 0.1) is 6.92 Å². The second-order valence-corrected chi connectivity index (χ2v) is 5.47. The van der Waals surface area contributed by atoms with Crippen LogP contribution in [0.1, 0.15) is 28.8 Å². The van der Waals surface area contributed by atoms with Crippen molar-refractivity contribution < 1.29 is 4.79 Å². The summed E-state index contributed by atoms with van der Waals surface area (Å²) in [4.78, 5) is 14.1. The van der Waals surface area contributed by atoms with Crippen LogP contribution in [0.5, 0.6) is 0 Å². The van der Waals surface area contributed by atoms with E-state index in [4.69, 9.17) is 5.73 Å². The van der Waals surface area contributed by atoms with Crippen molar-refractivity contribution in [2.75, 3.05) is 13.1 Å². The lowest BCUT2D eigenvalue weighted by Crippen LogP contribution is -2.45. The van der Waals surface area contributed by atoms with Crippen LogP contribution in [-0.2, 0) is 0 Å². The van der Waals surface area contributed by atoms with Gasteiger partial charge >= 0.3 is 0 Å². The molecule has 1 aliphatic rings. The largest absolute Gasteiger partial charge is 0.337 e. The Morgan fingerprint density at radius 2 is 2.22 bits per heavy atom. The highest BCUT2D eigenvalue weighted by molar-refractivity contribution is 9.10. The van der Waals surface area contributed by atoms with Crippen molar-refractivity contribution in [3.05, 3.63) is 33.8 Å². The second kappa shape index (κ2) is 6.55. The average molecular weight is 334 g/mol. The molecule has 3 nitrogen and oxygen atoms in total. The Balaban J connectivity index is 0.00000162. The molecule has 18 heavy (non-hydrogen) atoms. The van der Waals surface area contributed by atoms with Crippen LogP contribution in [0.4, 0.5) is 0 Å². The molecule has 0 radical (unpaired) electrons. The highest BCUT2D eigenvalue weighted by Gasteiger charge is 2.22. The molecular formula is C13H18BrClN2O. The number of carbonyl (C=O) groups excluding carboxylic acids is 1. The molecule has 1 heterocycles. The molecular weight excluding hydrogens is 316 g/mol. The van der Waals surface area contributed by atoms with E-state index in [1.807, 2.05) is 30.0 Å². The first-order valence-electron chi connectivity index (χ1n) is 5.89. The summed E-state index contributed by atoms with van der Waals surface area (Å²) in [5.74, 6) is 0.0841. The minimum atomic E-state index is 0. The van der Waals surface area contributed by atoms with E-state index < -0.39 is 0 Å². The SMILES string of the molecule is Cc1ccc(C(=O)N2CCC[C@@H](N)C2)cc1Br.Cl.